The molecule has 33 heavy (non-hydrogen) atoms. The summed E-state index contributed by atoms with van der Waals surface area (Å²) in [6, 6.07) is 14.6. The molecule has 2 heterocycles. The number of carbonyl (C=O) groups excluding carboxylic acids is 2. The fourth-order valence-electron chi connectivity index (χ4n) is 3.87. The van der Waals surface area contributed by atoms with E-state index in [4.69, 9.17) is 9.47 Å². The van der Waals surface area contributed by atoms with Crippen molar-refractivity contribution in [3.8, 4) is 11.5 Å². The molecule has 2 amide bonds. The molecule has 0 radical (unpaired) electrons. The summed E-state index contributed by atoms with van der Waals surface area (Å²) in [5, 5.41) is 3.17. The first-order valence-corrected chi connectivity index (χ1v) is 10.5. The minimum absolute atomic E-state index is 0.154. The number of nitrogens with one attached hydrogen (secondary N) is 1. The van der Waals surface area contributed by atoms with Crippen molar-refractivity contribution in [2.75, 3.05) is 19.5 Å². The van der Waals surface area contributed by atoms with Crippen molar-refractivity contribution in [1.29, 1.82) is 0 Å². The van der Waals surface area contributed by atoms with E-state index in [0.717, 1.165) is 16.7 Å². The van der Waals surface area contributed by atoms with Gasteiger partial charge in [0, 0.05) is 36.3 Å². The monoisotopic (exact) mass is 443 g/mol. The van der Waals surface area contributed by atoms with E-state index in [0.29, 0.717) is 28.3 Å². The van der Waals surface area contributed by atoms with Gasteiger partial charge in [-0.2, -0.15) is 0 Å². The van der Waals surface area contributed by atoms with Gasteiger partial charge in [0.25, 0.3) is 11.8 Å². The van der Waals surface area contributed by atoms with Gasteiger partial charge >= 0.3 is 0 Å². The van der Waals surface area contributed by atoms with Crippen LogP contribution in [0.25, 0.3) is 5.57 Å². The Morgan fingerprint density at radius 1 is 0.879 bits per heavy atom. The van der Waals surface area contributed by atoms with E-state index >= 15 is 0 Å². The molecule has 1 aromatic heterocycles. The van der Waals surface area contributed by atoms with E-state index in [1.807, 2.05) is 32.0 Å². The molecular weight excluding hydrogens is 418 g/mol. The van der Waals surface area contributed by atoms with E-state index in [1.165, 1.54) is 4.90 Å². The predicted octanol–water partition coefficient (Wildman–Crippen LogP) is 4.11. The van der Waals surface area contributed by atoms with Crippen molar-refractivity contribution in [3.63, 3.8) is 0 Å². The summed E-state index contributed by atoms with van der Waals surface area (Å²) in [5.41, 5.74) is 4.67. The molecule has 0 unspecified atom stereocenters. The number of benzene rings is 2. The smallest absolute Gasteiger partial charge is 0.278 e. The molecule has 4 rings (SSSR count). The molecule has 1 aliphatic rings. The van der Waals surface area contributed by atoms with Gasteiger partial charge in [-0.3, -0.25) is 19.5 Å². The Morgan fingerprint density at radius 3 is 2.15 bits per heavy atom. The number of rotatable bonds is 7. The van der Waals surface area contributed by atoms with Gasteiger partial charge in [0.05, 0.1) is 26.3 Å². The van der Waals surface area contributed by atoms with Gasteiger partial charge in [0.1, 0.15) is 17.2 Å². The van der Waals surface area contributed by atoms with Crippen LogP contribution in [0.15, 0.2) is 66.6 Å². The first kappa shape index (κ1) is 22.1. The van der Waals surface area contributed by atoms with Crippen molar-refractivity contribution in [2.24, 2.45) is 0 Å². The van der Waals surface area contributed by atoms with Gasteiger partial charge in [-0.15, -0.1) is 0 Å². The fourth-order valence-corrected chi connectivity index (χ4v) is 3.87. The zero-order valence-corrected chi connectivity index (χ0v) is 19.0. The summed E-state index contributed by atoms with van der Waals surface area (Å²) in [7, 11) is 3.11. The van der Waals surface area contributed by atoms with Crippen LogP contribution in [0.5, 0.6) is 11.5 Å². The predicted molar refractivity (Wildman–Crippen MR) is 126 cm³/mol. The standard InChI is InChI=1S/C26H25N3O4/c1-16-5-6-22(17(2)11-16)23-24(28-19-12-20(32-3)14-21(13-19)33-4)26(31)29(25(23)30)15-18-7-9-27-10-8-18/h5-14,28H,15H2,1-4H3. The summed E-state index contributed by atoms with van der Waals surface area (Å²) in [5.74, 6) is 0.390. The summed E-state index contributed by atoms with van der Waals surface area (Å²) in [6.07, 6.45) is 3.28. The molecule has 2 aromatic carbocycles. The number of carbonyl (C=O) groups is 2. The average molecular weight is 444 g/mol. The number of anilines is 1. The van der Waals surface area contributed by atoms with Crippen molar-refractivity contribution in [1.82, 2.24) is 9.88 Å². The van der Waals surface area contributed by atoms with Crippen LogP contribution in [0.1, 0.15) is 22.3 Å². The van der Waals surface area contributed by atoms with Gasteiger partial charge in [-0.05, 0) is 42.7 Å². The van der Waals surface area contributed by atoms with Gasteiger partial charge < -0.3 is 14.8 Å². The Labute approximate surface area is 192 Å². The maximum atomic E-state index is 13.5. The Hall–Kier alpha value is -4.13. The Bertz CT molecular complexity index is 1230. The summed E-state index contributed by atoms with van der Waals surface area (Å²) < 4.78 is 10.7. The number of aryl methyl sites for hydroxylation is 2. The van der Waals surface area contributed by atoms with Gasteiger partial charge in [0.2, 0.25) is 0 Å². The second-order valence-electron chi connectivity index (χ2n) is 7.85. The molecule has 3 aromatic rings. The first-order chi connectivity index (χ1) is 15.9. The van der Waals surface area contributed by atoms with Crippen LogP contribution in [0.4, 0.5) is 5.69 Å². The third kappa shape index (κ3) is 4.43. The fraction of sp³-hybridized carbons (Fsp3) is 0.192. The molecule has 0 atom stereocenters. The van der Waals surface area contributed by atoms with Crippen molar-refractivity contribution < 1.29 is 19.1 Å². The van der Waals surface area contributed by atoms with E-state index in [9.17, 15) is 9.59 Å². The lowest BCUT2D eigenvalue weighted by Crippen LogP contribution is -2.32. The molecule has 1 aliphatic heterocycles. The zero-order valence-electron chi connectivity index (χ0n) is 19.0. The van der Waals surface area contributed by atoms with Crippen molar-refractivity contribution in [3.05, 3.63) is 88.9 Å². The number of pyridine rings is 1. The van der Waals surface area contributed by atoms with Crippen LogP contribution in [-0.2, 0) is 16.1 Å². The van der Waals surface area contributed by atoms with Crippen LogP contribution >= 0.6 is 0 Å². The van der Waals surface area contributed by atoms with Crippen molar-refractivity contribution >= 4 is 23.1 Å². The van der Waals surface area contributed by atoms with Crippen LogP contribution in [0.2, 0.25) is 0 Å². The number of methoxy groups -OCH3 is 2. The van der Waals surface area contributed by atoms with Crippen LogP contribution < -0.4 is 14.8 Å². The van der Waals surface area contributed by atoms with E-state index in [-0.39, 0.29) is 18.1 Å². The summed E-state index contributed by atoms with van der Waals surface area (Å²) in [4.78, 5) is 32.3. The minimum atomic E-state index is -0.395. The lowest BCUT2D eigenvalue weighted by molar-refractivity contribution is -0.137. The van der Waals surface area contributed by atoms with Crippen LogP contribution in [0, 0.1) is 13.8 Å². The molecule has 0 aliphatic carbocycles. The molecule has 0 fully saturated rings. The molecule has 7 heteroatoms. The summed E-state index contributed by atoms with van der Waals surface area (Å²) in [6.45, 7) is 4.08. The quantitative estimate of drug-likeness (QED) is 0.554. The number of imide groups is 1. The second-order valence-corrected chi connectivity index (χ2v) is 7.85. The van der Waals surface area contributed by atoms with Gasteiger partial charge in [0.15, 0.2) is 0 Å². The lowest BCUT2D eigenvalue weighted by Gasteiger charge is -2.15. The Morgan fingerprint density at radius 2 is 1.55 bits per heavy atom. The van der Waals surface area contributed by atoms with Crippen LogP contribution in [-0.4, -0.2) is 35.9 Å². The average Bonchev–Trinajstić information content (AvgIpc) is 3.04. The van der Waals surface area contributed by atoms with Crippen LogP contribution in [0.3, 0.4) is 0 Å². The molecule has 168 valence electrons. The molecule has 0 spiro atoms. The normalized spacial score (nSPS) is 13.5. The lowest BCUT2D eigenvalue weighted by atomic mass is 9.97. The topological polar surface area (TPSA) is 80.8 Å². The number of nitrogens with zero attached hydrogens (tertiary/aromatic N) is 2. The van der Waals surface area contributed by atoms with E-state index in [1.54, 1.807) is 56.9 Å². The number of hydrogen-bond acceptors (Lipinski definition) is 6. The number of amides is 2. The zero-order chi connectivity index (χ0) is 23.5. The molecule has 0 bridgehead atoms. The highest BCUT2D eigenvalue weighted by Crippen LogP contribution is 2.35. The molecule has 0 saturated heterocycles. The molecule has 7 nitrogen and oxygen atoms in total. The number of ether oxygens (including phenoxy) is 2. The third-order valence-corrected chi connectivity index (χ3v) is 5.53. The maximum absolute atomic E-state index is 13.5. The highest BCUT2D eigenvalue weighted by molar-refractivity contribution is 6.36. The number of aromatic nitrogens is 1. The van der Waals surface area contributed by atoms with E-state index in [2.05, 4.69) is 10.3 Å². The Kier molecular flexibility index (Phi) is 6.13. The van der Waals surface area contributed by atoms with Gasteiger partial charge in [-0.25, -0.2) is 0 Å². The second kappa shape index (κ2) is 9.16. The minimum Gasteiger partial charge on any atom is -0.497 e. The van der Waals surface area contributed by atoms with Gasteiger partial charge in [-0.1, -0.05) is 23.8 Å². The Balaban J connectivity index is 1.80. The highest BCUT2D eigenvalue weighted by Gasteiger charge is 2.39. The summed E-state index contributed by atoms with van der Waals surface area (Å²) >= 11 is 0. The largest absolute Gasteiger partial charge is 0.497 e. The highest BCUT2D eigenvalue weighted by atomic mass is 16.5. The first-order valence-electron chi connectivity index (χ1n) is 10.5. The SMILES string of the molecule is COc1cc(NC2=C(c3ccc(C)cc3C)C(=O)N(Cc3ccncc3)C2=O)cc(OC)c1. The van der Waals surface area contributed by atoms with Crippen molar-refractivity contribution in [2.45, 2.75) is 20.4 Å². The third-order valence-electron chi connectivity index (χ3n) is 5.53. The number of hydrogen-bond donors (Lipinski definition) is 1. The molecule has 1 N–H and O–H groups in total. The van der Waals surface area contributed by atoms with E-state index < -0.39 is 5.91 Å². The molecular formula is C26H25N3O4. The maximum Gasteiger partial charge on any atom is 0.278 e. The molecule has 0 saturated carbocycles.